The van der Waals surface area contributed by atoms with E-state index in [1.54, 1.807) is 18.3 Å². The Balaban J connectivity index is 1.55. The fourth-order valence-electron chi connectivity index (χ4n) is 2.79. The second kappa shape index (κ2) is 6.57. The highest BCUT2D eigenvalue weighted by atomic mass is 15.1. The lowest BCUT2D eigenvalue weighted by molar-refractivity contribution is 1.17. The number of nitriles is 1. The third kappa shape index (κ3) is 3.32. The van der Waals surface area contributed by atoms with Crippen molar-refractivity contribution in [2.24, 2.45) is 0 Å². The molecule has 26 heavy (non-hydrogen) atoms. The first-order valence-electron chi connectivity index (χ1n) is 8.16. The highest BCUT2D eigenvalue weighted by molar-refractivity contribution is 5.84. The van der Waals surface area contributed by atoms with E-state index in [1.807, 2.05) is 37.3 Å². The van der Waals surface area contributed by atoms with Crippen LogP contribution in [0.15, 0.2) is 60.8 Å². The molecular formula is C20H16N6. The van der Waals surface area contributed by atoms with E-state index in [-0.39, 0.29) is 0 Å². The molecule has 0 saturated carbocycles. The smallest absolute Gasteiger partial charge is 0.229 e. The summed E-state index contributed by atoms with van der Waals surface area (Å²) >= 11 is 0. The molecule has 126 valence electrons. The van der Waals surface area contributed by atoms with Crippen LogP contribution >= 0.6 is 0 Å². The summed E-state index contributed by atoms with van der Waals surface area (Å²) in [6.45, 7) is 2.04. The molecule has 0 saturated heterocycles. The first-order chi connectivity index (χ1) is 12.7. The predicted octanol–water partition coefficient (Wildman–Crippen LogP) is 4.63. The van der Waals surface area contributed by atoms with Crippen LogP contribution in [0.25, 0.3) is 10.9 Å². The van der Waals surface area contributed by atoms with E-state index in [4.69, 9.17) is 5.26 Å². The van der Waals surface area contributed by atoms with Gasteiger partial charge in [-0.15, -0.1) is 0 Å². The fourth-order valence-corrected chi connectivity index (χ4v) is 2.79. The van der Waals surface area contributed by atoms with Crippen LogP contribution in [-0.4, -0.2) is 15.0 Å². The van der Waals surface area contributed by atoms with Crippen molar-refractivity contribution in [2.75, 3.05) is 10.6 Å². The molecule has 6 nitrogen and oxygen atoms in total. The van der Waals surface area contributed by atoms with Crippen LogP contribution in [0.3, 0.4) is 0 Å². The second-order valence-corrected chi connectivity index (χ2v) is 5.96. The number of aryl methyl sites for hydroxylation is 1. The zero-order valence-electron chi connectivity index (χ0n) is 14.1. The summed E-state index contributed by atoms with van der Waals surface area (Å²) in [5, 5.41) is 16.6. The Morgan fingerprint density at radius 3 is 2.77 bits per heavy atom. The van der Waals surface area contributed by atoms with Gasteiger partial charge in [-0.1, -0.05) is 6.07 Å². The van der Waals surface area contributed by atoms with Crippen LogP contribution in [0, 0.1) is 18.3 Å². The van der Waals surface area contributed by atoms with Gasteiger partial charge in [0.15, 0.2) is 0 Å². The van der Waals surface area contributed by atoms with Gasteiger partial charge in [0.2, 0.25) is 5.95 Å². The Kier molecular flexibility index (Phi) is 3.96. The fraction of sp³-hybridized carbons (Fsp3) is 0.0500. The van der Waals surface area contributed by atoms with Crippen molar-refractivity contribution < 1.29 is 0 Å². The molecule has 4 aromatic rings. The lowest BCUT2D eigenvalue weighted by atomic mass is 10.2. The minimum absolute atomic E-state index is 0.462. The summed E-state index contributed by atoms with van der Waals surface area (Å²) in [6.07, 6.45) is 1.69. The van der Waals surface area contributed by atoms with Gasteiger partial charge in [-0.2, -0.15) is 10.2 Å². The first-order valence-corrected chi connectivity index (χ1v) is 8.16. The number of aromatic amines is 1. The van der Waals surface area contributed by atoms with Crippen molar-refractivity contribution in [3.63, 3.8) is 0 Å². The third-order valence-corrected chi connectivity index (χ3v) is 3.93. The van der Waals surface area contributed by atoms with Crippen LogP contribution in [-0.2, 0) is 0 Å². The van der Waals surface area contributed by atoms with Crippen molar-refractivity contribution in [2.45, 2.75) is 6.92 Å². The topological polar surface area (TPSA) is 89.4 Å². The van der Waals surface area contributed by atoms with Crippen LogP contribution in [0.1, 0.15) is 11.3 Å². The Hall–Kier alpha value is -3.85. The Bertz CT molecular complexity index is 1120. The van der Waals surface area contributed by atoms with Gasteiger partial charge in [0, 0.05) is 34.2 Å². The summed E-state index contributed by atoms with van der Waals surface area (Å²) in [7, 11) is 0. The maximum atomic E-state index is 8.99. The van der Waals surface area contributed by atoms with Crippen molar-refractivity contribution in [1.29, 1.82) is 5.26 Å². The number of nitrogens with zero attached hydrogens (tertiary/aromatic N) is 3. The maximum Gasteiger partial charge on any atom is 0.229 e. The van der Waals surface area contributed by atoms with E-state index < -0.39 is 0 Å². The molecule has 0 aliphatic carbocycles. The number of nitrogens with one attached hydrogen (secondary N) is 3. The number of hydrogen-bond acceptors (Lipinski definition) is 5. The summed E-state index contributed by atoms with van der Waals surface area (Å²) in [4.78, 5) is 12.0. The van der Waals surface area contributed by atoms with Gasteiger partial charge >= 0.3 is 0 Å². The molecule has 0 amide bonds. The van der Waals surface area contributed by atoms with Crippen LogP contribution < -0.4 is 10.6 Å². The standard InChI is InChI=1S/C20H16N6/c1-13-9-15-11-17(5-6-18(15)23-13)24-19-7-8-22-20(26-19)25-16-4-2-3-14(10-16)12-21/h2-11,23H,1H3,(H2,22,24,25,26). The van der Waals surface area contributed by atoms with E-state index in [9.17, 15) is 0 Å². The summed E-state index contributed by atoms with van der Waals surface area (Å²) in [5.41, 5.74) is 4.54. The largest absolute Gasteiger partial charge is 0.359 e. The average molecular weight is 340 g/mol. The third-order valence-electron chi connectivity index (χ3n) is 3.93. The van der Waals surface area contributed by atoms with Gasteiger partial charge in [-0.05, 0) is 55.5 Å². The zero-order chi connectivity index (χ0) is 17.9. The number of benzene rings is 2. The van der Waals surface area contributed by atoms with Gasteiger partial charge in [-0.3, -0.25) is 0 Å². The molecule has 0 unspecified atom stereocenters. The normalized spacial score (nSPS) is 10.5. The van der Waals surface area contributed by atoms with Crippen molar-refractivity contribution in [3.8, 4) is 6.07 Å². The molecule has 0 radical (unpaired) electrons. The van der Waals surface area contributed by atoms with Crippen LogP contribution in [0.2, 0.25) is 0 Å². The summed E-state index contributed by atoms with van der Waals surface area (Å²) < 4.78 is 0. The lowest BCUT2D eigenvalue weighted by Crippen LogP contribution is -2.00. The van der Waals surface area contributed by atoms with E-state index in [1.165, 1.54) is 0 Å². The lowest BCUT2D eigenvalue weighted by Gasteiger charge is -2.09. The quantitative estimate of drug-likeness (QED) is 0.504. The van der Waals surface area contributed by atoms with E-state index in [0.717, 1.165) is 28.0 Å². The van der Waals surface area contributed by atoms with Crippen molar-refractivity contribution >= 4 is 34.0 Å². The Labute approximate surface area is 150 Å². The van der Waals surface area contributed by atoms with Gasteiger partial charge in [-0.25, -0.2) is 4.98 Å². The highest BCUT2D eigenvalue weighted by Gasteiger charge is 2.04. The van der Waals surface area contributed by atoms with E-state index in [2.05, 4.69) is 43.8 Å². The monoisotopic (exact) mass is 340 g/mol. The van der Waals surface area contributed by atoms with Gasteiger partial charge in [0.05, 0.1) is 11.6 Å². The number of fused-ring (bicyclic) bond motifs is 1. The molecule has 3 N–H and O–H groups in total. The number of aromatic nitrogens is 3. The minimum atomic E-state index is 0.462. The molecule has 0 spiro atoms. The molecule has 0 aliphatic rings. The van der Waals surface area contributed by atoms with Gasteiger partial charge in [0.25, 0.3) is 0 Å². The van der Waals surface area contributed by atoms with Gasteiger partial charge in [0.1, 0.15) is 5.82 Å². The van der Waals surface area contributed by atoms with Crippen LogP contribution in [0.4, 0.5) is 23.1 Å². The first kappa shape index (κ1) is 15.7. The zero-order valence-corrected chi connectivity index (χ0v) is 14.1. The SMILES string of the molecule is Cc1cc2cc(Nc3ccnc(Nc4cccc(C#N)c4)n3)ccc2[nH]1. The van der Waals surface area contributed by atoms with Crippen LogP contribution in [0.5, 0.6) is 0 Å². The Morgan fingerprint density at radius 2 is 1.88 bits per heavy atom. The molecular weight excluding hydrogens is 324 g/mol. The maximum absolute atomic E-state index is 8.99. The molecule has 0 bridgehead atoms. The number of H-pyrrole nitrogens is 1. The molecule has 2 heterocycles. The molecule has 0 fully saturated rings. The van der Waals surface area contributed by atoms with E-state index >= 15 is 0 Å². The average Bonchev–Trinajstić information content (AvgIpc) is 3.01. The minimum Gasteiger partial charge on any atom is -0.359 e. The number of rotatable bonds is 4. The van der Waals surface area contributed by atoms with Crippen molar-refractivity contribution in [3.05, 3.63) is 72.1 Å². The van der Waals surface area contributed by atoms with Gasteiger partial charge < -0.3 is 15.6 Å². The second-order valence-electron chi connectivity index (χ2n) is 5.96. The molecule has 0 aliphatic heterocycles. The summed E-state index contributed by atoms with van der Waals surface area (Å²) in [5.74, 6) is 1.15. The Morgan fingerprint density at radius 1 is 1.00 bits per heavy atom. The molecule has 2 aromatic carbocycles. The van der Waals surface area contributed by atoms with E-state index in [0.29, 0.717) is 17.3 Å². The van der Waals surface area contributed by atoms with Crippen molar-refractivity contribution in [1.82, 2.24) is 15.0 Å². The summed E-state index contributed by atoms with van der Waals surface area (Å²) in [6, 6.07) is 19.3. The molecule has 6 heteroatoms. The number of hydrogen-bond donors (Lipinski definition) is 3. The predicted molar refractivity (Wildman–Crippen MR) is 103 cm³/mol. The highest BCUT2D eigenvalue weighted by Crippen LogP contribution is 2.23. The number of anilines is 4. The molecule has 2 aromatic heterocycles. The molecule has 4 rings (SSSR count). The molecule has 0 atom stereocenters.